The maximum absolute atomic E-state index is 8.35. The Kier molecular flexibility index (Phi) is 11.7. The molecule has 0 aliphatic rings. The Bertz CT molecular complexity index is 141. The first-order chi connectivity index (χ1) is 3.68. The van der Waals surface area contributed by atoms with Crippen LogP contribution in [0.15, 0.2) is 11.5 Å². The van der Waals surface area contributed by atoms with E-state index in [9.17, 15) is 0 Å². The minimum absolute atomic E-state index is 0.255. The second kappa shape index (κ2) is 9.35. The monoisotopic (exact) mass is 128 g/mol. The first-order valence-corrected chi connectivity index (χ1v) is 1.95. The van der Waals surface area contributed by atoms with E-state index in [2.05, 4.69) is 19.2 Å². The van der Waals surface area contributed by atoms with Crippen molar-refractivity contribution in [2.45, 2.75) is 0 Å². The molecule has 42 valence electrons. The fourth-order valence-electron chi connectivity index (χ4n) is 0. The first kappa shape index (κ1) is 10.0. The highest BCUT2D eigenvalue weighted by molar-refractivity contribution is 7.84. The van der Waals surface area contributed by atoms with Gasteiger partial charge in [0.25, 0.3) is 0 Å². The normalized spacial score (nSPS) is 4.50. The summed E-state index contributed by atoms with van der Waals surface area (Å²) in [6.07, 6.45) is 0.750. The van der Waals surface area contributed by atoms with Gasteiger partial charge in [-0.05, 0) is 0 Å². The number of allylic oxidation sites excluding steroid dienone is 1. The number of thiol groups is 1. The molecule has 0 saturated heterocycles. The van der Waals surface area contributed by atoms with Gasteiger partial charge >= 0.3 is 0 Å². The van der Waals surface area contributed by atoms with Crippen molar-refractivity contribution in [1.82, 2.24) is 0 Å². The lowest BCUT2D eigenvalue weighted by Gasteiger charge is -1.61. The molecule has 1 N–H and O–H groups in total. The van der Waals surface area contributed by atoms with Crippen molar-refractivity contribution in [2.75, 3.05) is 0 Å². The van der Waals surface area contributed by atoms with Crippen LogP contribution < -0.4 is 0 Å². The highest BCUT2D eigenvalue weighted by Crippen LogP contribution is 1.87. The Morgan fingerprint density at radius 1 is 1.88 bits per heavy atom. The zero-order chi connectivity index (χ0) is 6.99. The summed E-state index contributed by atoms with van der Waals surface area (Å²) in [4.78, 5) is 8.60. The van der Waals surface area contributed by atoms with E-state index >= 15 is 0 Å². The SMILES string of the molecule is C=C(S)C#N.N=C=O. The van der Waals surface area contributed by atoms with E-state index in [4.69, 9.17) is 15.5 Å². The third kappa shape index (κ3) is 84.4. The van der Waals surface area contributed by atoms with Crippen molar-refractivity contribution < 1.29 is 4.79 Å². The minimum Gasteiger partial charge on any atom is -0.222 e. The van der Waals surface area contributed by atoms with E-state index in [0.29, 0.717) is 0 Å². The largest absolute Gasteiger partial charge is 0.231 e. The Hall–Kier alpha value is -1.04. The van der Waals surface area contributed by atoms with E-state index in [1.807, 2.05) is 0 Å². The molecule has 0 aromatic carbocycles. The van der Waals surface area contributed by atoms with Gasteiger partial charge in [-0.3, -0.25) is 0 Å². The lowest BCUT2D eigenvalue weighted by atomic mass is 10.7. The number of hydrogen-bond donors (Lipinski definition) is 2. The second-order valence-electron chi connectivity index (χ2n) is 0.661. The zero-order valence-electron chi connectivity index (χ0n) is 4.01. The average molecular weight is 128 g/mol. The fourth-order valence-corrected chi connectivity index (χ4v) is 0. The van der Waals surface area contributed by atoms with Gasteiger partial charge in [0.1, 0.15) is 6.07 Å². The standard InChI is InChI=1S/C3H3NS.CHNO/c1-3(5)2-4;2-1-3/h5H,1H2;2H. The van der Waals surface area contributed by atoms with Crippen molar-refractivity contribution >= 4 is 18.7 Å². The van der Waals surface area contributed by atoms with Gasteiger partial charge in [-0.2, -0.15) is 5.26 Å². The van der Waals surface area contributed by atoms with Crippen LogP contribution in [0.5, 0.6) is 0 Å². The molecule has 0 heterocycles. The molecule has 0 amide bonds. The lowest BCUT2D eigenvalue weighted by molar-refractivity contribution is 0.563. The van der Waals surface area contributed by atoms with Gasteiger partial charge in [-0.1, -0.05) is 6.58 Å². The Morgan fingerprint density at radius 3 is 2.00 bits per heavy atom. The number of carbonyl (C=O) groups excluding carboxylic acids is 1. The lowest BCUT2D eigenvalue weighted by Crippen LogP contribution is -1.45. The zero-order valence-corrected chi connectivity index (χ0v) is 4.90. The van der Waals surface area contributed by atoms with Crippen molar-refractivity contribution in [1.29, 1.82) is 10.7 Å². The molecule has 8 heavy (non-hydrogen) atoms. The Balaban J connectivity index is 0. The molecule has 0 aliphatic carbocycles. The van der Waals surface area contributed by atoms with Crippen LogP contribution in [0.1, 0.15) is 0 Å². The Morgan fingerprint density at radius 2 is 2.00 bits per heavy atom. The van der Waals surface area contributed by atoms with Crippen LogP contribution in [-0.4, -0.2) is 6.08 Å². The van der Waals surface area contributed by atoms with Crippen LogP contribution in [0.2, 0.25) is 0 Å². The van der Waals surface area contributed by atoms with Crippen LogP contribution in [0.4, 0.5) is 0 Å². The molecule has 0 spiro atoms. The number of nitriles is 1. The summed E-state index contributed by atoms with van der Waals surface area (Å²) in [7, 11) is 0. The van der Waals surface area contributed by atoms with E-state index < -0.39 is 0 Å². The summed E-state index contributed by atoms with van der Waals surface area (Å²) < 4.78 is 0. The smallest absolute Gasteiger partial charge is 0.222 e. The van der Waals surface area contributed by atoms with Crippen molar-refractivity contribution in [3.8, 4) is 6.07 Å². The van der Waals surface area contributed by atoms with E-state index in [0.717, 1.165) is 6.08 Å². The van der Waals surface area contributed by atoms with Gasteiger partial charge in [0.2, 0.25) is 6.08 Å². The van der Waals surface area contributed by atoms with Crippen LogP contribution in [0, 0.1) is 16.7 Å². The summed E-state index contributed by atoms with van der Waals surface area (Å²) in [6, 6.07) is 1.70. The number of rotatable bonds is 0. The van der Waals surface area contributed by atoms with Crippen LogP contribution in [0.3, 0.4) is 0 Å². The van der Waals surface area contributed by atoms with Gasteiger partial charge in [-0.25, -0.2) is 10.2 Å². The molecule has 4 heteroatoms. The first-order valence-electron chi connectivity index (χ1n) is 1.50. The molecule has 0 fully saturated rings. The topological polar surface area (TPSA) is 64.7 Å². The van der Waals surface area contributed by atoms with Crippen molar-refractivity contribution in [2.24, 2.45) is 0 Å². The molecule has 0 bridgehead atoms. The number of nitrogens with one attached hydrogen (secondary N) is 1. The molecule has 0 rings (SSSR count). The van der Waals surface area contributed by atoms with Gasteiger partial charge in [0.05, 0.1) is 4.91 Å². The van der Waals surface area contributed by atoms with Gasteiger partial charge in [0.15, 0.2) is 0 Å². The number of hydrogen-bond acceptors (Lipinski definition) is 4. The molecule has 0 unspecified atom stereocenters. The molecule has 0 atom stereocenters. The minimum atomic E-state index is 0.255. The van der Waals surface area contributed by atoms with Gasteiger partial charge in [0, 0.05) is 0 Å². The summed E-state index contributed by atoms with van der Waals surface area (Å²) in [6.45, 7) is 3.18. The number of nitrogens with zero attached hydrogens (tertiary/aromatic N) is 1. The quantitative estimate of drug-likeness (QED) is 0.220. The van der Waals surface area contributed by atoms with Gasteiger partial charge < -0.3 is 0 Å². The summed E-state index contributed by atoms with van der Waals surface area (Å²) in [5.74, 6) is 0. The number of isocyanates is 1. The van der Waals surface area contributed by atoms with Crippen LogP contribution >= 0.6 is 12.6 Å². The predicted molar refractivity (Wildman–Crippen MR) is 32.2 cm³/mol. The molecular formula is C4H4N2OS. The van der Waals surface area contributed by atoms with Gasteiger partial charge in [-0.15, -0.1) is 12.6 Å². The average Bonchev–Trinajstić information content (AvgIpc) is 1.69. The summed E-state index contributed by atoms with van der Waals surface area (Å²) in [5, 5.41) is 13.1. The van der Waals surface area contributed by atoms with E-state index in [-0.39, 0.29) is 4.91 Å². The molecule has 0 aromatic heterocycles. The molecule has 3 nitrogen and oxygen atoms in total. The molecule has 0 saturated carbocycles. The maximum Gasteiger partial charge on any atom is 0.231 e. The highest BCUT2D eigenvalue weighted by atomic mass is 32.1. The molecule has 0 radical (unpaired) electrons. The van der Waals surface area contributed by atoms with E-state index in [1.54, 1.807) is 6.07 Å². The van der Waals surface area contributed by atoms with Crippen LogP contribution in [-0.2, 0) is 4.79 Å². The third-order valence-corrected chi connectivity index (χ3v) is 0.229. The molecular weight excluding hydrogens is 124 g/mol. The molecule has 0 aliphatic heterocycles. The maximum atomic E-state index is 8.35. The van der Waals surface area contributed by atoms with Crippen molar-refractivity contribution in [3.05, 3.63) is 11.5 Å². The predicted octanol–water partition coefficient (Wildman–Crippen LogP) is 0.854. The van der Waals surface area contributed by atoms with E-state index in [1.165, 1.54) is 0 Å². The highest BCUT2D eigenvalue weighted by Gasteiger charge is 1.66. The Labute approximate surface area is 52.5 Å². The fraction of sp³-hybridized carbons (Fsp3) is 0. The third-order valence-electron chi connectivity index (χ3n) is 0.129. The molecule has 0 aromatic rings. The van der Waals surface area contributed by atoms with Crippen LogP contribution in [0.25, 0.3) is 0 Å². The second-order valence-corrected chi connectivity index (χ2v) is 1.20. The van der Waals surface area contributed by atoms with Crippen molar-refractivity contribution in [3.63, 3.8) is 0 Å². The summed E-state index contributed by atoms with van der Waals surface area (Å²) in [5.41, 5.74) is 0. The summed E-state index contributed by atoms with van der Waals surface area (Å²) >= 11 is 3.54.